The van der Waals surface area contributed by atoms with Gasteiger partial charge in [-0.25, -0.2) is 4.98 Å². The molecule has 0 spiro atoms. The molecule has 1 atom stereocenters. The molecule has 3 aliphatic rings. The minimum atomic E-state index is -0.0384. The van der Waals surface area contributed by atoms with E-state index < -0.39 is 0 Å². The number of nitrogens with zero attached hydrogens (tertiary/aromatic N) is 3. The molecule has 1 aromatic carbocycles. The number of rotatable bonds is 7. The van der Waals surface area contributed by atoms with E-state index in [1.54, 1.807) is 11.9 Å². The number of anilines is 2. The van der Waals surface area contributed by atoms with Crippen LogP contribution in [0.5, 0.6) is 5.75 Å². The van der Waals surface area contributed by atoms with Gasteiger partial charge in [-0.05, 0) is 73.9 Å². The van der Waals surface area contributed by atoms with Crippen LogP contribution in [0.3, 0.4) is 0 Å². The Kier molecular flexibility index (Phi) is 11.2. The van der Waals surface area contributed by atoms with Gasteiger partial charge in [-0.3, -0.25) is 4.79 Å². The molecule has 2 aromatic rings. The SMILES string of the molecule is CC(C)C.Cc1nc(N2CCOCC2)ccc1N(CC(C)C)Sc1ccc2c(c1)C(=O)CC(C1CCOCC1)O2. The molecule has 2 fully saturated rings. The molecule has 3 aliphatic heterocycles. The van der Waals surface area contributed by atoms with Gasteiger partial charge in [-0.15, -0.1) is 0 Å². The number of pyridine rings is 1. The highest BCUT2D eigenvalue weighted by Crippen LogP contribution is 2.38. The second-order valence-electron chi connectivity index (χ2n) is 12.0. The van der Waals surface area contributed by atoms with Crippen molar-refractivity contribution < 1.29 is 19.0 Å². The first-order valence-electron chi connectivity index (χ1n) is 14.9. The van der Waals surface area contributed by atoms with Gasteiger partial charge in [0.25, 0.3) is 0 Å². The molecule has 5 rings (SSSR count). The second kappa shape index (κ2) is 14.6. The van der Waals surface area contributed by atoms with Crippen LogP contribution in [0.1, 0.15) is 69.9 Å². The number of morpholine rings is 1. The van der Waals surface area contributed by atoms with Crippen LogP contribution in [-0.4, -0.2) is 62.9 Å². The molecule has 0 saturated carbocycles. The number of carbonyl (C=O) groups excluding carboxylic acids is 1. The van der Waals surface area contributed by atoms with Gasteiger partial charge in [0.15, 0.2) is 5.78 Å². The van der Waals surface area contributed by atoms with Crippen molar-refractivity contribution in [2.24, 2.45) is 17.8 Å². The number of carbonyl (C=O) groups is 1. The minimum absolute atomic E-state index is 0.0384. The molecule has 220 valence electrons. The van der Waals surface area contributed by atoms with E-state index >= 15 is 0 Å². The monoisotopic (exact) mass is 569 g/mol. The molecule has 0 amide bonds. The average molecular weight is 570 g/mol. The minimum Gasteiger partial charge on any atom is -0.489 e. The highest BCUT2D eigenvalue weighted by molar-refractivity contribution is 8.00. The van der Waals surface area contributed by atoms with Crippen molar-refractivity contribution in [2.45, 2.75) is 71.8 Å². The number of aromatic nitrogens is 1. The van der Waals surface area contributed by atoms with Crippen LogP contribution in [0.2, 0.25) is 0 Å². The van der Waals surface area contributed by atoms with E-state index in [-0.39, 0.29) is 11.9 Å². The van der Waals surface area contributed by atoms with Crippen LogP contribution in [0, 0.1) is 24.7 Å². The summed E-state index contributed by atoms with van der Waals surface area (Å²) >= 11 is 1.66. The fourth-order valence-electron chi connectivity index (χ4n) is 5.15. The molecule has 4 heterocycles. The predicted molar refractivity (Wildman–Crippen MR) is 164 cm³/mol. The summed E-state index contributed by atoms with van der Waals surface area (Å²) in [4.78, 5) is 21.4. The zero-order valence-corrected chi connectivity index (χ0v) is 26.0. The van der Waals surface area contributed by atoms with Crippen molar-refractivity contribution in [3.05, 3.63) is 41.6 Å². The van der Waals surface area contributed by atoms with Gasteiger partial charge in [0.2, 0.25) is 0 Å². The quantitative estimate of drug-likeness (QED) is 0.337. The molecule has 0 aliphatic carbocycles. The zero-order chi connectivity index (χ0) is 28.6. The van der Waals surface area contributed by atoms with Crippen LogP contribution < -0.4 is 13.9 Å². The number of ether oxygens (including phenoxy) is 3. The Morgan fingerprint density at radius 2 is 1.68 bits per heavy atom. The van der Waals surface area contributed by atoms with Crippen LogP contribution in [0.25, 0.3) is 0 Å². The Labute approximate surface area is 245 Å². The molecule has 2 saturated heterocycles. The summed E-state index contributed by atoms with van der Waals surface area (Å²) in [6.45, 7) is 18.6. The Bertz CT molecular complexity index is 1110. The summed E-state index contributed by atoms with van der Waals surface area (Å²) in [5.74, 6) is 3.60. The van der Waals surface area contributed by atoms with E-state index in [1.807, 2.05) is 12.1 Å². The van der Waals surface area contributed by atoms with Gasteiger partial charge >= 0.3 is 0 Å². The lowest BCUT2D eigenvalue weighted by Gasteiger charge is -2.34. The maximum absolute atomic E-state index is 13.1. The van der Waals surface area contributed by atoms with Crippen molar-refractivity contribution in [2.75, 3.05) is 55.3 Å². The predicted octanol–water partition coefficient (Wildman–Crippen LogP) is 6.82. The van der Waals surface area contributed by atoms with E-state index in [2.05, 4.69) is 68.9 Å². The lowest BCUT2D eigenvalue weighted by atomic mass is 9.87. The number of benzene rings is 1. The van der Waals surface area contributed by atoms with Crippen molar-refractivity contribution in [1.82, 2.24) is 4.98 Å². The van der Waals surface area contributed by atoms with Crippen LogP contribution in [0.15, 0.2) is 35.2 Å². The lowest BCUT2D eigenvalue weighted by molar-refractivity contribution is 0.0119. The second-order valence-corrected chi connectivity index (χ2v) is 13.1. The highest BCUT2D eigenvalue weighted by atomic mass is 32.2. The van der Waals surface area contributed by atoms with Gasteiger partial charge < -0.3 is 23.4 Å². The van der Waals surface area contributed by atoms with Crippen LogP contribution >= 0.6 is 11.9 Å². The fraction of sp³-hybridized carbons (Fsp3) is 0.625. The summed E-state index contributed by atoms with van der Waals surface area (Å²) in [6, 6.07) is 10.3. The lowest BCUT2D eigenvalue weighted by Crippen LogP contribution is -2.37. The summed E-state index contributed by atoms with van der Waals surface area (Å²) in [7, 11) is 0. The standard InChI is InChI=1S/C28H37N3O4S.C4H10/c1-19(2)18-31(24-5-7-28(29-20(24)3)30-10-14-34-15-11-30)36-22-4-6-26-23(16-22)25(32)17-27(35-26)21-8-12-33-13-9-21;1-4(2)3/h4-7,16,19,21,27H,8-15,17-18H2,1-3H3;4H,1-3H3. The van der Waals surface area contributed by atoms with Crippen LogP contribution in [-0.2, 0) is 9.47 Å². The van der Waals surface area contributed by atoms with Gasteiger partial charge in [0.05, 0.1) is 30.2 Å². The summed E-state index contributed by atoms with van der Waals surface area (Å²) in [6.07, 6.45) is 2.34. The van der Waals surface area contributed by atoms with Crippen molar-refractivity contribution in [3.63, 3.8) is 0 Å². The Balaban J connectivity index is 0.000000867. The van der Waals surface area contributed by atoms with Crippen molar-refractivity contribution >= 4 is 29.2 Å². The van der Waals surface area contributed by atoms with Gasteiger partial charge in [-0.2, -0.15) is 0 Å². The largest absolute Gasteiger partial charge is 0.489 e. The molecule has 0 N–H and O–H groups in total. The first-order valence-corrected chi connectivity index (χ1v) is 15.7. The van der Waals surface area contributed by atoms with E-state index in [0.29, 0.717) is 23.8 Å². The summed E-state index contributed by atoms with van der Waals surface area (Å²) in [5.41, 5.74) is 2.81. The molecule has 7 nitrogen and oxygen atoms in total. The molecule has 0 bridgehead atoms. The summed E-state index contributed by atoms with van der Waals surface area (Å²) in [5, 5.41) is 0. The molecule has 40 heavy (non-hydrogen) atoms. The molecular formula is C32H47N3O4S. The summed E-state index contributed by atoms with van der Waals surface area (Å²) < 4.78 is 19.6. The van der Waals surface area contributed by atoms with E-state index in [1.165, 1.54) is 0 Å². The molecule has 1 aromatic heterocycles. The van der Waals surface area contributed by atoms with Gasteiger partial charge in [-0.1, -0.05) is 34.6 Å². The Morgan fingerprint density at radius 1 is 1.00 bits per heavy atom. The first kappa shape index (κ1) is 30.7. The molecule has 1 unspecified atom stereocenters. The zero-order valence-electron chi connectivity index (χ0n) is 25.2. The number of fused-ring (bicyclic) bond motifs is 1. The maximum Gasteiger partial charge on any atom is 0.170 e. The third-order valence-electron chi connectivity index (χ3n) is 7.10. The third-order valence-corrected chi connectivity index (χ3v) is 8.13. The third kappa shape index (κ3) is 8.37. The fourth-order valence-corrected chi connectivity index (χ4v) is 6.37. The molecule has 8 heteroatoms. The van der Waals surface area contributed by atoms with E-state index in [9.17, 15) is 4.79 Å². The Hall–Kier alpha value is -2.29. The number of hydrogen-bond acceptors (Lipinski definition) is 8. The number of hydrogen-bond donors (Lipinski definition) is 0. The van der Waals surface area contributed by atoms with E-state index in [4.69, 9.17) is 19.2 Å². The van der Waals surface area contributed by atoms with Crippen LogP contribution in [0.4, 0.5) is 11.5 Å². The molecular weight excluding hydrogens is 522 g/mol. The normalized spacial score (nSPS) is 19.6. The van der Waals surface area contributed by atoms with Crippen molar-refractivity contribution in [1.29, 1.82) is 0 Å². The van der Waals surface area contributed by atoms with Gasteiger partial charge in [0.1, 0.15) is 17.7 Å². The number of ketones is 1. The number of aryl methyl sites for hydroxylation is 1. The average Bonchev–Trinajstić information content (AvgIpc) is 2.93. The smallest absolute Gasteiger partial charge is 0.170 e. The van der Waals surface area contributed by atoms with Gasteiger partial charge in [0, 0.05) is 50.1 Å². The van der Waals surface area contributed by atoms with Crippen molar-refractivity contribution in [3.8, 4) is 5.75 Å². The maximum atomic E-state index is 13.1. The Morgan fingerprint density at radius 3 is 2.33 bits per heavy atom. The molecule has 0 radical (unpaired) electrons. The number of Topliss-reactive ketones (excluding diaryl/α,β-unsaturated/α-hetero) is 1. The first-order chi connectivity index (χ1) is 19.2. The topological polar surface area (TPSA) is 64.1 Å². The highest BCUT2D eigenvalue weighted by Gasteiger charge is 2.33. The van der Waals surface area contributed by atoms with E-state index in [0.717, 1.165) is 92.7 Å².